The Labute approximate surface area is 141 Å². The van der Waals surface area contributed by atoms with E-state index in [1.54, 1.807) is 0 Å². The van der Waals surface area contributed by atoms with E-state index in [0.717, 1.165) is 49.2 Å². The number of anilines is 1. The number of fused-ring (bicyclic) bond motifs is 1. The van der Waals surface area contributed by atoms with Crippen molar-refractivity contribution in [3.8, 4) is 0 Å². The third-order valence-electron chi connectivity index (χ3n) is 4.54. The number of amides is 1. The molecule has 0 radical (unpaired) electrons. The number of nitrogens with one attached hydrogen (secondary N) is 1. The molecule has 0 spiro atoms. The highest BCUT2D eigenvalue weighted by Crippen LogP contribution is 2.29. The lowest BCUT2D eigenvalue weighted by molar-refractivity contribution is -0.125. The molecular weight excluding hydrogens is 306 g/mol. The van der Waals surface area contributed by atoms with Crippen molar-refractivity contribution in [3.63, 3.8) is 0 Å². The summed E-state index contributed by atoms with van der Waals surface area (Å²) in [4.78, 5) is 23.1. The van der Waals surface area contributed by atoms with Gasteiger partial charge in [0.1, 0.15) is 17.5 Å². The Kier molecular flexibility index (Phi) is 4.97. The second kappa shape index (κ2) is 7.15. The summed E-state index contributed by atoms with van der Waals surface area (Å²) in [6.07, 6.45) is 4.39. The molecule has 7 nitrogen and oxygen atoms in total. The lowest BCUT2D eigenvalue weighted by atomic mass is 9.96. The largest absolute Gasteiger partial charge is 0.356 e. The lowest BCUT2D eigenvalue weighted by Crippen LogP contribution is -2.43. The molecule has 7 heteroatoms. The number of aryl methyl sites for hydroxylation is 1. The summed E-state index contributed by atoms with van der Waals surface area (Å²) in [6, 6.07) is 0. The molecule has 1 N–H and O–H groups in total. The Morgan fingerprint density at radius 1 is 1.46 bits per heavy atom. The molecule has 2 aromatic rings. The first-order valence-electron chi connectivity index (χ1n) is 8.66. The zero-order valence-corrected chi connectivity index (χ0v) is 14.6. The summed E-state index contributed by atoms with van der Waals surface area (Å²) in [5.74, 6) is 1.56. The zero-order chi connectivity index (χ0) is 17.1. The fourth-order valence-corrected chi connectivity index (χ4v) is 3.16. The highest BCUT2D eigenvalue weighted by Gasteiger charge is 2.28. The highest BCUT2D eigenvalue weighted by molar-refractivity contribution is 5.88. The van der Waals surface area contributed by atoms with Crippen molar-refractivity contribution in [2.24, 2.45) is 11.8 Å². The van der Waals surface area contributed by atoms with Crippen molar-refractivity contribution in [1.29, 1.82) is 0 Å². The molecule has 0 aromatic carbocycles. The quantitative estimate of drug-likeness (QED) is 0.905. The molecule has 1 saturated heterocycles. The van der Waals surface area contributed by atoms with Crippen molar-refractivity contribution in [2.45, 2.75) is 40.0 Å². The minimum atomic E-state index is -0.00362. The number of nitrogens with zero attached hydrogens (tertiary/aromatic N) is 4. The van der Waals surface area contributed by atoms with Gasteiger partial charge in [-0.1, -0.05) is 19.0 Å². The van der Waals surface area contributed by atoms with Crippen LogP contribution in [0.15, 0.2) is 10.9 Å². The van der Waals surface area contributed by atoms with Crippen molar-refractivity contribution in [3.05, 3.63) is 12.0 Å². The number of hydrogen-bond donors (Lipinski definition) is 1. The smallest absolute Gasteiger partial charge is 0.263 e. The predicted molar refractivity (Wildman–Crippen MR) is 91.7 cm³/mol. The van der Waals surface area contributed by atoms with E-state index < -0.39 is 0 Å². The summed E-state index contributed by atoms with van der Waals surface area (Å²) in [6.45, 7) is 8.51. The van der Waals surface area contributed by atoms with Crippen LogP contribution in [0.1, 0.15) is 38.8 Å². The third-order valence-corrected chi connectivity index (χ3v) is 4.54. The van der Waals surface area contributed by atoms with Crippen LogP contribution >= 0.6 is 0 Å². The maximum absolute atomic E-state index is 12.4. The van der Waals surface area contributed by atoms with Gasteiger partial charge in [-0.15, -0.1) is 0 Å². The molecular formula is C17H25N5O2. The van der Waals surface area contributed by atoms with Gasteiger partial charge in [0.15, 0.2) is 0 Å². The number of carbonyl (C=O) groups excluding carboxylic acids is 1. The zero-order valence-electron chi connectivity index (χ0n) is 14.6. The minimum absolute atomic E-state index is 0.00362. The van der Waals surface area contributed by atoms with Crippen LogP contribution in [0.5, 0.6) is 0 Å². The van der Waals surface area contributed by atoms with Gasteiger partial charge in [-0.3, -0.25) is 4.79 Å². The van der Waals surface area contributed by atoms with Gasteiger partial charge in [-0.25, -0.2) is 4.98 Å². The molecule has 24 heavy (non-hydrogen) atoms. The molecule has 130 valence electrons. The molecule has 0 aliphatic carbocycles. The first kappa shape index (κ1) is 16.7. The van der Waals surface area contributed by atoms with Crippen LogP contribution in [0.25, 0.3) is 11.1 Å². The standard InChI is InChI=1S/C17H25N5O2/c1-11(2)6-7-18-16(23)13-5-4-8-22(9-13)15-14-12(3)21-24-17(14)20-10-19-15/h10-11,13H,4-9H2,1-3H3,(H,18,23)/t13-/m1/s1. The van der Waals surface area contributed by atoms with E-state index in [9.17, 15) is 4.79 Å². The molecule has 1 amide bonds. The van der Waals surface area contributed by atoms with Crippen molar-refractivity contribution < 1.29 is 9.32 Å². The summed E-state index contributed by atoms with van der Waals surface area (Å²) in [7, 11) is 0. The highest BCUT2D eigenvalue weighted by atomic mass is 16.5. The van der Waals surface area contributed by atoms with Crippen LogP contribution in [-0.2, 0) is 4.79 Å². The topological polar surface area (TPSA) is 84.2 Å². The number of piperidine rings is 1. The Hall–Kier alpha value is -2.18. The van der Waals surface area contributed by atoms with Crippen molar-refractivity contribution >= 4 is 22.8 Å². The first-order chi connectivity index (χ1) is 11.6. The average molecular weight is 331 g/mol. The molecule has 1 fully saturated rings. The Bertz CT molecular complexity index is 712. The van der Waals surface area contributed by atoms with E-state index in [2.05, 4.69) is 39.2 Å². The SMILES string of the molecule is Cc1noc2ncnc(N3CCC[C@@H](C(=O)NCCC(C)C)C3)c12. The Morgan fingerprint density at radius 2 is 2.29 bits per heavy atom. The van der Waals surface area contributed by atoms with Gasteiger partial charge in [-0.05, 0) is 32.1 Å². The molecule has 0 bridgehead atoms. The fourth-order valence-electron chi connectivity index (χ4n) is 3.16. The second-order valence-electron chi connectivity index (χ2n) is 6.90. The summed E-state index contributed by atoms with van der Waals surface area (Å²) in [5, 5.41) is 7.89. The van der Waals surface area contributed by atoms with Crippen LogP contribution in [0.3, 0.4) is 0 Å². The van der Waals surface area contributed by atoms with Gasteiger partial charge < -0.3 is 14.7 Å². The van der Waals surface area contributed by atoms with Crippen molar-refractivity contribution in [1.82, 2.24) is 20.4 Å². The van der Waals surface area contributed by atoms with E-state index in [0.29, 0.717) is 18.2 Å². The molecule has 0 unspecified atom stereocenters. The molecule has 3 rings (SSSR count). The number of carbonyl (C=O) groups is 1. The molecule has 0 saturated carbocycles. The van der Waals surface area contributed by atoms with E-state index in [-0.39, 0.29) is 11.8 Å². The van der Waals surface area contributed by atoms with Gasteiger partial charge >= 0.3 is 0 Å². The van der Waals surface area contributed by atoms with E-state index in [4.69, 9.17) is 4.52 Å². The predicted octanol–water partition coefficient (Wildman–Crippen LogP) is 2.30. The average Bonchev–Trinajstić information content (AvgIpc) is 2.96. The monoisotopic (exact) mass is 331 g/mol. The minimum Gasteiger partial charge on any atom is -0.356 e. The second-order valence-corrected chi connectivity index (χ2v) is 6.90. The van der Waals surface area contributed by atoms with Gasteiger partial charge in [0.25, 0.3) is 5.71 Å². The normalized spacial score (nSPS) is 18.3. The van der Waals surface area contributed by atoms with Crippen LogP contribution < -0.4 is 10.2 Å². The van der Waals surface area contributed by atoms with Crippen LogP contribution in [0.2, 0.25) is 0 Å². The summed E-state index contributed by atoms with van der Waals surface area (Å²) < 4.78 is 5.22. The maximum Gasteiger partial charge on any atom is 0.263 e. The molecule has 1 atom stereocenters. The van der Waals surface area contributed by atoms with E-state index >= 15 is 0 Å². The first-order valence-corrected chi connectivity index (χ1v) is 8.66. The van der Waals surface area contributed by atoms with Gasteiger partial charge in [0.05, 0.1) is 11.6 Å². The molecule has 3 heterocycles. The van der Waals surface area contributed by atoms with Gasteiger partial charge in [0, 0.05) is 19.6 Å². The van der Waals surface area contributed by atoms with Crippen LogP contribution in [0, 0.1) is 18.8 Å². The van der Waals surface area contributed by atoms with Crippen LogP contribution in [0.4, 0.5) is 5.82 Å². The number of hydrogen-bond acceptors (Lipinski definition) is 6. The Balaban J connectivity index is 1.71. The van der Waals surface area contributed by atoms with Gasteiger partial charge in [-0.2, -0.15) is 4.98 Å². The van der Waals surface area contributed by atoms with Crippen LogP contribution in [-0.4, -0.2) is 40.7 Å². The molecule has 1 aliphatic heterocycles. The van der Waals surface area contributed by atoms with E-state index in [1.165, 1.54) is 6.33 Å². The fraction of sp³-hybridized carbons (Fsp3) is 0.647. The lowest BCUT2D eigenvalue weighted by Gasteiger charge is -2.33. The summed E-state index contributed by atoms with van der Waals surface area (Å²) >= 11 is 0. The van der Waals surface area contributed by atoms with E-state index in [1.807, 2.05) is 6.92 Å². The molecule has 1 aliphatic rings. The maximum atomic E-state index is 12.4. The third kappa shape index (κ3) is 3.49. The number of rotatable bonds is 5. The number of aromatic nitrogens is 3. The Morgan fingerprint density at radius 3 is 3.08 bits per heavy atom. The van der Waals surface area contributed by atoms with Crippen molar-refractivity contribution in [2.75, 3.05) is 24.5 Å². The summed E-state index contributed by atoms with van der Waals surface area (Å²) in [5.41, 5.74) is 1.28. The molecule has 2 aromatic heterocycles. The van der Waals surface area contributed by atoms with Gasteiger partial charge in [0.2, 0.25) is 5.91 Å².